The van der Waals surface area contributed by atoms with Crippen LogP contribution in [-0.2, 0) is 35.0 Å². The fourth-order valence-electron chi connectivity index (χ4n) is 2.67. The van der Waals surface area contributed by atoms with Crippen LogP contribution in [0, 0.1) is 0 Å². The van der Waals surface area contributed by atoms with Crippen molar-refractivity contribution >= 4 is 37.7 Å². The summed E-state index contributed by atoms with van der Waals surface area (Å²) in [5, 5.41) is 8.72. The number of thioether (sulfide) groups is 1. The Hall–Kier alpha value is -1.89. The molecule has 0 spiro atoms. The van der Waals surface area contributed by atoms with Crippen LogP contribution in [0.3, 0.4) is 0 Å². The summed E-state index contributed by atoms with van der Waals surface area (Å²) in [6, 6.07) is 11.2. The van der Waals surface area contributed by atoms with Gasteiger partial charge in [-0.1, -0.05) is 39.8 Å². The Morgan fingerprint density at radius 1 is 1.06 bits per heavy atom. The van der Waals surface area contributed by atoms with Crippen LogP contribution in [0.25, 0.3) is 0 Å². The Kier molecular flexibility index (Phi) is 7.45. The summed E-state index contributed by atoms with van der Waals surface area (Å²) < 4.78 is 68.0. The first-order valence-electron chi connectivity index (χ1n) is 9.06. The van der Waals surface area contributed by atoms with Crippen LogP contribution < -0.4 is 4.72 Å². The zero-order valence-corrected chi connectivity index (χ0v) is 19.4. The van der Waals surface area contributed by atoms with Gasteiger partial charge in [0.2, 0.25) is 10.0 Å². The average Bonchev–Trinajstić information content (AvgIpc) is 3.12. The van der Waals surface area contributed by atoms with E-state index in [1.807, 2.05) is 6.92 Å². The van der Waals surface area contributed by atoms with Gasteiger partial charge in [-0.15, -0.1) is 10.2 Å². The van der Waals surface area contributed by atoms with E-state index in [0.29, 0.717) is 28.8 Å². The normalized spacial score (nSPS) is 12.3. The fraction of sp³-hybridized carbons (Fsp3) is 0.263. The van der Waals surface area contributed by atoms with E-state index in [-0.39, 0.29) is 11.4 Å². The third-order valence-corrected chi connectivity index (χ3v) is 7.29. The highest BCUT2D eigenvalue weighted by Gasteiger charge is 2.29. The van der Waals surface area contributed by atoms with Crippen LogP contribution in [0.1, 0.15) is 23.9 Å². The highest BCUT2D eigenvalue weighted by atomic mass is 79.9. The summed E-state index contributed by atoms with van der Waals surface area (Å²) in [5.74, 6) is 0.846. The summed E-state index contributed by atoms with van der Waals surface area (Å²) in [6.07, 6.45) is -4.37. The first kappa shape index (κ1) is 23.8. The zero-order chi connectivity index (χ0) is 22.6. The Morgan fingerprint density at radius 3 is 2.29 bits per heavy atom. The molecule has 0 aliphatic carbocycles. The van der Waals surface area contributed by atoms with Crippen molar-refractivity contribution in [2.45, 2.75) is 42.0 Å². The molecule has 0 amide bonds. The van der Waals surface area contributed by atoms with Gasteiger partial charge in [0.1, 0.15) is 5.82 Å². The zero-order valence-electron chi connectivity index (χ0n) is 16.2. The lowest BCUT2D eigenvalue weighted by Gasteiger charge is -2.10. The van der Waals surface area contributed by atoms with E-state index < -0.39 is 21.8 Å². The van der Waals surface area contributed by atoms with Crippen molar-refractivity contribution in [3.63, 3.8) is 0 Å². The molecule has 2 aromatic carbocycles. The summed E-state index contributed by atoms with van der Waals surface area (Å²) in [4.78, 5) is 0.134. The second-order valence-corrected chi connectivity index (χ2v) is 10.0. The lowest BCUT2D eigenvalue weighted by molar-refractivity contribution is -0.137. The van der Waals surface area contributed by atoms with E-state index in [1.54, 1.807) is 16.7 Å². The highest BCUT2D eigenvalue weighted by molar-refractivity contribution is 9.10. The van der Waals surface area contributed by atoms with Gasteiger partial charge in [-0.3, -0.25) is 0 Å². The smallest absolute Gasteiger partial charge is 0.305 e. The van der Waals surface area contributed by atoms with Crippen LogP contribution in [0.15, 0.2) is 63.1 Å². The number of aromatic nitrogens is 3. The van der Waals surface area contributed by atoms with Gasteiger partial charge < -0.3 is 4.57 Å². The van der Waals surface area contributed by atoms with Gasteiger partial charge in [0.25, 0.3) is 0 Å². The molecule has 0 fully saturated rings. The molecule has 0 radical (unpaired) electrons. The quantitative estimate of drug-likeness (QED) is 0.418. The predicted octanol–water partition coefficient (Wildman–Crippen LogP) is 4.85. The molecule has 0 aliphatic rings. The van der Waals surface area contributed by atoms with Crippen molar-refractivity contribution in [1.82, 2.24) is 19.5 Å². The van der Waals surface area contributed by atoms with E-state index in [4.69, 9.17) is 0 Å². The topological polar surface area (TPSA) is 76.9 Å². The number of halogens is 4. The molecule has 0 atom stereocenters. The van der Waals surface area contributed by atoms with Gasteiger partial charge in [0.15, 0.2) is 5.16 Å². The maximum Gasteiger partial charge on any atom is 0.416 e. The number of alkyl halides is 3. The molecular weight excluding hydrogens is 517 g/mol. The Bertz CT molecular complexity index is 1130. The SMILES string of the molecule is CCn1c(CNS(=O)(=O)c2ccc(Br)cc2)nnc1SCc1ccc(C(F)(F)F)cc1. The Labute approximate surface area is 190 Å². The molecule has 31 heavy (non-hydrogen) atoms. The van der Waals surface area contributed by atoms with Gasteiger partial charge in [-0.2, -0.15) is 13.2 Å². The standard InChI is InChI=1S/C19H18BrF3N4O2S2/c1-2-27-17(11-24-31(28,29)16-9-7-15(20)8-10-16)25-26-18(27)30-12-13-3-5-14(6-4-13)19(21,22)23/h3-10,24H,2,11-12H2,1H3. The Morgan fingerprint density at radius 2 is 1.71 bits per heavy atom. The third kappa shape index (κ3) is 6.09. The minimum atomic E-state index is -4.37. The second kappa shape index (κ2) is 9.72. The van der Waals surface area contributed by atoms with Crippen molar-refractivity contribution in [3.05, 3.63) is 70.0 Å². The van der Waals surface area contributed by atoms with E-state index in [0.717, 1.165) is 16.6 Å². The van der Waals surface area contributed by atoms with Crippen LogP contribution in [0.2, 0.25) is 0 Å². The first-order chi connectivity index (χ1) is 14.6. The molecular formula is C19H18BrF3N4O2S2. The van der Waals surface area contributed by atoms with E-state index in [9.17, 15) is 21.6 Å². The third-order valence-electron chi connectivity index (χ3n) is 4.30. The van der Waals surface area contributed by atoms with Crippen LogP contribution in [0.5, 0.6) is 0 Å². The molecule has 6 nitrogen and oxygen atoms in total. The van der Waals surface area contributed by atoms with Crippen LogP contribution in [0.4, 0.5) is 13.2 Å². The predicted molar refractivity (Wildman–Crippen MR) is 115 cm³/mol. The van der Waals surface area contributed by atoms with Gasteiger partial charge in [0, 0.05) is 16.8 Å². The number of hydrogen-bond donors (Lipinski definition) is 1. The highest BCUT2D eigenvalue weighted by Crippen LogP contribution is 2.30. The summed E-state index contributed by atoms with van der Waals surface area (Å²) in [6.45, 7) is 2.34. The number of nitrogens with zero attached hydrogens (tertiary/aromatic N) is 3. The molecule has 12 heteroatoms. The van der Waals surface area contributed by atoms with Crippen molar-refractivity contribution in [3.8, 4) is 0 Å². The van der Waals surface area contributed by atoms with Crippen molar-refractivity contribution in [2.24, 2.45) is 0 Å². The molecule has 1 heterocycles. The van der Waals surface area contributed by atoms with E-state index in [2.05, 4.69) is 30.8 Å². The van der Waals surface area contributed by atoms with Crippen molar-refractivity contribution in [1.29, 1.82) is 0 Å². The molecule has 0 aliphatic heterocycles. The summed E-state index contributed by atoms with van der Waals surface area (Å²) >= 11 is 4.58. The van der Waals surface area contributed by atoms with Gasteiger partial charge in [0.05, 0.1) is 17.0 Å². The lowest BCUT2D eigenvalue weighted by Crippen LogP contribution is -2.25. The lowest BCUT2D eigenvalue weighted by atomic mass is 10.1. The number of benzene rings is 2. The fourth-order valence-corrected chi connectivity index (χ4v) is 4.89. The van der Waals surface area contributed by atoms with Gasteiger partial charge in [-0.25, -0.2) is 13.1 Å². The number of nitrogens with one attached hydrogen (secondary N) is 1. The molecule has 1 aromatic heterocycles. The Balaban J connectivity index is 1.66. The molecule has 0 saturated heterocycles. The summed E-state index contributed by atoms with van der Waals surface area (Å²) in [5.41, 5.74) is 0.0134. The molecule has 3 aromatic rings. The van der Waals surface area contributed by atoms with E-state index in [1.165, 1.54) is 36.0 Å². The largest absolute Gasteiger partial charge is 0.416 e. The molecule has 1 N–H and O–H groups in total. The molecule has 166 valence electrons. The minimum absolute atomic E-state index is 0.0416. The van der Waals surface area contributed by atoms with Crippen molar-refractivity contribution < 1.29 is 21.6 Å². The number of sulfonamides is 1. The number of rotatable bonds is 8. The van der Waals surface area contributed by atoms with Gasteiger partial charge >= 0.3 is 6.18 Å². The monoisotopic (exact) mass is 534 g/mol. The maximum atomic E-state index is 12.7. The minimum Gasteiger partial charge on any atom is -0.305 e. The van der Waals surface area contributed by atoms with Gasteiger partial charge in [-0.05, 0) is 48.9 Å². The van der Waals surface area contributed by atoms with Crippen LogP contribution in [-0.4, -0.2) is 23.2 Å². The number of hydrogen-bond acceptors (Lipinski definition) is 5. The first-order valence-corrected chi connectivity index (χ1v) is 12.3. The molecule has 3 rings (SSSR count). The van der Waals surface area contributed by atoms with Crippen LogP contribution >= 0.6 is 27.7 Å². The second-order valence-electron chi connectivity index (χ2n) is 6.40. The maximum absolute atomic E-state index is 12.7. The van der Waals surface area contributed by atoms with Crippen molar-refractivity contribution in [2.75, 3.05) is 0 Å². The molecule has 0 unspecified atom stereocenters. The molecule has 0 saturated carbocycles. The average molecular weight is 535 g/mol. The summed E-state index contributed by atoms with van der Waals surface area (Å²) in [7, 11) is -3.71. The molecule has 0 bridgehead atoms. The van der Waals surface area contributed by atoms with E-state index >= 15 is 0 Å².